The fraction of sp³-hybridized carbons (Fsp3) is 0.316. The summed E-state index contributed by atoms with van der Waals surface area (Å²) in [6.07, 6.45) is 0. The minimum absolute atomic E-state index is 0. The van der Waals surface area contributed by atoms with Crippen LogP contribution in [-0.2, 0) is 33.7 Å². The normalized spacial score (nSPS) is 11.3. The summed E-state index contributed by atoms with van der Waals surface area (Å²) in [6, 6.07) is 11.9. The number of aryl methyl sites for hydroxylation is 1. The molecule has 2 aromatic heterocycles. The van der Waals surface area contributed by atoms with Gasteiger partial charge in [-0.3, -0.25) is 0 Å². The highest BCUT2D eigenvalue weighted by atomic mass is 127. The van der Waals surface area contributed by atoms with Crippen molar-refractivity contribution in [1.82, 2.24) is 30.0 Å². The number of rotatable bonds is 6. The molecule has 3 aromatic rings. The molecule has 3 rings (SSSR count). The number of halogens is 3. The molecule has 29 heavy (non-hydrogen) atoms. The van der Waals surface area contributed by atoms with E-state index < -0.39 is 0 Å². The molecular formula is C19H24Cl2IN7. The van der Waals surface area contributed by atoms with Crippen molar-refractivity contribution in [2.45, 2.75) is 26.6 Å². The van der Waals surface area contributed by atoms with Crippen molar-refractivity contribution in [3.8, 4) is 0 Å². The highest BCUT2D eigenvalue weighted by Gasteiger charge is 2.10. The first-order valence-corrected chi connectivity index (χ1v) is 9.62. The SMILES string of the molecule is Cc1nnc(CNC(=NCc2ccccc2)NCc2cc(Cl)c(Cl)n2C)n1C.I. The number of aromatic nitrogens is 4. The Balaban J connectivity index is 0.00000300. The molecule has 7 nitrogen and oxygen atoms in total. The molecule has 0 unspecified atom stereocenters. The van der Waals surface area contributed by atoms with Crippen LogP contribution in [0, 0.1) is 6.92 Å². The zero-order valence-corrected chi connectivity index (χ0v) is 20.3. The van der Waals surface area contributed by atoms with Crippen LogP contribution >= 0.6 is 47.2 Å². The number of aliphatic imine (C=N–C) groups is 1. The summed E-state index contributed by atoms with van der Waals surface area (Å²) < 4.78 is 3.79. The summed E-state index contributed by atoms with van der Waals surface area (Å²) in [6.45, 7) is 3.51. The van der Waals surface area contributed by atoms with E-state index in [9.17, 15) is 0 Å². The molecule has 2 heterocycles. The van der Waals surface area contributed by atoms with Gasteiger partial charge in [-0.1, -0.05) is 53.5 Å². The Morgan fingerprint density at radius 2 is 1.72 bits per heavy atom. The molecule has 0 spiro atoms. The molecule has 1 aromatic carbocycles. The second kappa shape index (κ2) is 10.8. The molecule has 2 N–H and O–H groups in total. The van der Waals surface area contributed by atoms with Crippen molar-refractivity contribution >= 4 is 53.1 Å². The maximum absolute atomic E-state index is 6.16. The van der Waals surface area contributed by atoms with Gasteiger partial charge in [0.15, 0.2) is 11.8 Å². The van der Waals surface area contributed by atoms with Crippen molar-refractivity contribution in [3.63, 3.8) is 0 Å². The lowest BCUT2D eigenvalue weighted by Crippen LogP contribution is -2.37. The molecule has 0 saturated heterocycles. The predicted octanol–water partition coefficient (Wildman–Crippen LogP) is 3.82. The smallest absolute Gasteiger partial charge is 0.192 e. The maximum atomic E-state index is 6.16. The average Bonchev–Trinajstić information content (AvgIpc) is 3.15. The second-order valence-corrected chi connectivity index (χ2v) is 7.18. The average molecular weight is 548 g/mol. The lowest BCUT2D eigenvalue weighted by Gasteiger charge is -2.13. The van der Waals surface area contributed by atoms with Gasteiger partial charge in [-0.15, -0.1) is 34.2 Å². The molecular weight excluding hydrogens is 524 g/mol. The van der Waals surface area contributed by atoms with Crippen molar-refractivity contribution in [3.05, 3.63) is 69.5 Å². The molecule has 0 aliphatic rings. The third-order valence-electron chi connectivity index (χ3n) is 4.51. The van der Waals surface area contributed by atoms with Crippen LogP contribution in [0.5, 0.6) is 0 Å². The van der Waals surface area contributed by atoms with Crippen LogP contribution < -0.4 is 10.6 Å². The summed E-state index contributed by atoms with van der Waals surface area (Å²) in [5.74, 6) is 2.36. The van der Waals surface area contributed by atoms with Crippen LogP contribution in [0.15, 0.2) is 41.4 Å². The van der Waals surface area contributed by atoms with Crippen molar-refractivity contribution < 1.29 is 0 Å². The molecule has 0 aliphatic carbocycles. The minimum atomic E-state index is 0. The Morgan fingerprint density at radius 1 is 1.03 bits per heavy atom. The first-order valence-electron chi connectivity index (χ1n) is 8.86. The lowest BCUT2D eigenvalue weighted by molar-refractivity contribution is 0.703. The van der Waals surface area contributed by atoms with Crippen molar-refractivity contribution in [2.24, 2.45) is 19.1 Å². The first-order chi connectivity index (χ1) is 13.5. The lowest BCUT2D eigenvalue weighted by atomic mass is 10.2. The molecule has 0 saturated carbocycles. The first kappa shape index (κ1) is 23.5. The van der Waals surface area contributed by atoms with Gasteiger partial charge in [0.2, 0.25) is 0 Å². The van der Waals surface area contributed by atoms with E-state index >= 15 is 0 Å². The van der Waals surface area contributed by atoms with Crippen LogP contribution in [0.3, 0.4) is 0 Å². The van der Waals surface area contributed by atoms with Crippen LogP contribution in [0.25, 0.3) is 0 Å². The fourth-order valence-corrected chi connectivity index (χ4v) is 3.04. The Bertz CT molecular complexity index is 967. The van der Waals surface area contributed by atoms with Crippen molar-refractivity contribution in [2.75, 3.05) is 0 Å². The number of benzene rings is 1. The third-order valence-corrected chi connectivity index (χ3v) is 5.35. The van der Waals surface area contributed by atoms with E-state index in [1.165, 1.54) is 0 Å². The van der Waals surface area contributed by atoms with Crippen LogP contribution in [-0.4, -0.2) is 25.3 Å². The largest absolute Gasteiger partial charge is 0.351 e. The minimum Gasteiger partial charge on any atom is -0.351 e. The molecule has 0 fully saturated rings. The highest BCUT2D eigenvalue weighted by Crippen LogP contribution is 2.24. The Hall–Kier alpha value is -1.78. The Labute approximate surface area is 197 Å². The summed E-state index contributed by atoms with van der Waals surface area (Å²) in [4.78, 5) is 4.68. The standard InChI is InChI=1S/C19H23Cl2N7.HI/c1-13-25-26-17(27(13)2)12-24-19(22-10-14-7-5-4-6-8-14)23-11-15-9-16(20)18(21)28(15)3;/h4-9H,10-12H2,1-3H3,(H2,22,23,24);1H. The number of nitrogens with one attached hydrogen (secondary N) is 2. The van der Waals surface area contributed by atoms with Gasteiger partial charge in [0.25, 0.3) is 0 Å². The quantitative estimate of drug-likeness (QED) is 0.279. The highest BCUT2D eigenvalue weighted by molar-refractivity contribution is 14.0. The predicted molar refractivity (Wildman–Crippen MR) is 128 cm³/mol. The molecule has 10 heteroatoms. The van der Waals surface area contributed by atoms with E-state index in [0.29, 0.717) is 35.8 Å². The van der Waals surface area contributed by atoms with Crippen LogP contribution in [0.4, 0.5) is 0 Å². The van der Waals surface area contributed by atoms with Gasteiger partial charge in [0, 0.05) is 19.8 Å². The number of hydrogen-bond acceptors (Lipinski definition) is 3. The van der Waals surface area contributed by atoms with Gasteiger partial charge in [-0.05, 0) is 18.6 Å². The van der Waals surface area contributed by atoms with Gasteiger partial charge >= 0.3 is 0 Å². The summed E-state index contributed by atoms with van der Waals surface area (Å²) >= 11 is 12.3. The summed E-state index contributed by atoms with van der Waals surface area (Å²) in [7, 11) is 3.82. The zero-order valence-electron chi connectivity index (χ0n) is 16.5. The van der Waals surface area contributed by atoms with Crippen LogP contribution in [0.2, 0.25) is 10.2 Å². The van der Waals surface area contributed by atoms with E-state index in [0.717, 1.165) is 22.9 Å². The molecule has 0 amide bonds. The number of hydrogen-bond donors (Lipinski definition) is 2. The van der Waals surface area contributed by atoms with Gasteiger partial charge in [-0.25, -0.2) is 4.99 Å². The van der Waals surface area contributed by atoms with E-state index in [1.54, 1.807) is 0 Å². The molecule has 0 atom stereocenters. The summed E-state index contributed by atoms with van der Waals surface area (Å²) in [5.41, 5.74) is 2.08. The van der Waals surface area contributed by atoms with Crippen molar-refractivity contribution in [1.29, 1.82) is 0 Å². The van der Waals surface area contributed by atoms with Gasteiger partial charge < -0.3 is 19.8 Å². The molecule has 0 bridgehead atoms. The molecule has 156 valence electrons. The Morgan fingerprint density at radius 3 is 2.31 bits per heavy atom. The summed E-state index contributed by atoms with van der Waals surface area (Å²) in [5, 5.41) is 16.0. The maximum Gasteiger partial charge on any atom is 0.192 e. The molecule has 0 aliphatic heterocycles. The monoisotopic (exact) mass is 547 g/mol. The second-order valence-electron chi connectivity index (χ2n) is 6.41. The Kier molecular flexibility index (Phi) is 8.79. The van der Waals surface area contributed by atoms with Crippen LogP contribution in [0.1, 0.15) is 22.9 Å². The van der Waals surface area contributed by atoms with E-state index in [2.05, 4.69) is 25.8 Å². The topological polar surface area (TPSA) is 72.1 Å². The number of guanidine groups is 1. The molecule has 0 radical (unpaired) electrons. The zero-order chi connectivity index (χ0) is 20.1. The van der Waals surface area contributed by atoms with Gasteiger partial charge in [0.05, 0.1) is 24.7 Å². The number of nitrogens with zero attached hydrogens (tertiary/aromatic N) is 5. The van der Waals surface area contributed by atoms with Gasteiger partial charge in [-0.2, -0.15) is 0 Å². The van der Waals surface area contributed by atoms with Gasteiger partial charge in [0.1, 0.15) is 11.0 Å². The van der Waals surface area contributed by atoms with E-state index in [4.69, 9.17) is 23.2 Å². The van der Waals surface area contributed by atoms with E-state index in [1.807, 2.05) is 66.6 Å². The fourth-order valence-electron chi connectivity index (χ4n) is 2.63. The van der Waals surface area contributed by atoms with E-state index in [-0.39, 0.29) is 24.0 Å². The third kappa shape index (κ3) is 6.10.